The molecule has 0 aliphatic heterocycles. The number of ether oxygens (including phenoxy) is 1. The third-order valence-electron chi connectivity index (χ3n) is 4.69. The van der Waals surface area contributed by atoms with Gasteiger partial charge in [-0.15, -0.1) is 0 Å². The number of para-hydroxylation sites is 1. The van der Waals surface area contributed by atoms with Gasteiger partial charge in [0.25, 0.3) is 5.69 Å². The van der Waals surface area contributed by atoms with Gasteiger partial charge in [-0.1, -0.05) is 48.5 Å². The lowest BCUT2D eigenvalue weighted by molar-refractivity contribution is -0.385. The zero-order chi connectivity index (χ0) is 22.8. The monoisotopic (exact) mass is 427 g/mol. The molecule has 9 heteroatoms. The van der Waals surface area contributed by atoms with Gasteiger partial charge >= 0.3 is 5.97 Å². The maximum Gasteiger partial charge on any atom is 0.328 e. The minimum absolute atomic E-state index is 0.0671. The van der Waals surface area contributed by atoms with E-state index in [0.29, 0.717) is 0 Å². The molecule has 2 rings (SSSR count). The van der Waals surface area contributed by atoms with Crippen molar-refractivity contribution in [2.75, 3.05) is 7.11 Å². The van der Waals surface area contributed by atoms with Crippen LogP contribution in [0.5, 0.6) is 0 Å². The highest BCUT2D eigenvalue weighted by molar-refractivity contribution is 5.87. The molecule has 0 bridgehead atoms. The Morgan fingerprint density at radius 3 is 2.16 bits per heavy atom. The molecule has 0 saturated carbocycles. The molecule has 2 aromatic rings. The van der Waals surface area contributed by atoms with Crippen LogP contribution in [0.15, 0.2) is 54.6 Å². The van der Waals surface area contributed by atoms with Crippen LogP contribution in [0, 0.1) is 10.1 Å². The molecule has 0 aromatic heterocycles. The van der Waals surface area contributed by atoms with Crippen molar-refractivity contribution < 1.29 is 24.0 Å². The zero-order valence-corrected chi connectivity index (χ0v) is 17.4. The minimum Gasteiger partial charge on any atom is -0.467 e. The number of carbonyl (C=O) groups excluding carboxylic acids is 3. The first-order valence-electron chi connectivity index (χ1n) is 9.75. The fraction of sp³-hybridized carbons (Fsp3) is 0.318. The lowest BCUT2D eigenvalue weighted by Crippen LogP contribution is -2.43. The van der Waals surface area contributed by atoms with Gasteiger partial charge in [0.05, 0.1) is 18.1 Å². The molecule has 0 radical (unpaired) electrons. The number of amides is 2. The topological polar surface area (TPSA) is 128 Å². The Balaban J connectivity index is 1.93. The van der Waals surface area contributed by atoms with Crippen molar-refractivity contribution in [3.8, 4) is 0 Å². The maximum atomic E-state index is 12.3. The fourth-order valence-corrected chi connectivity index (χ4v) is 3.05. The van der Waals surface area contributed by atoms with E-state index in [-0.39, 0.29) is 42.5 Å². The number of nitrogens with zero attached hydrogens (tertiary/aromatic N) is 1. The highest BCUT2D eigenvalue weighted by Crippen LogP contribution is 2.19. The average Bonchev–Trinajstić information content (AvgIpc) is 2.77. The van der Waals surface area contributed by atoms with Crippen LogP contribution in [0.4, 0.5) is 5.69 Å². The Bertz CT molecular complexity index is 932. The van der Waals surface area contributed by atoms with Crippen LogP contribution in [0.3, 0.4) is 0 Å². The first kappa shape index (κ1) is 23.5. The van der Waals surface area contributed by atoms with E-state index in [2.05, 4.69) is 10.6 Å². The SMILES string of the molecule is COC(=O)[C@@H](Cc1ccccc1[N+](=O)[O-])NC(=O)CCC(=O)N[C@H](C)c1ccccc1. The van der Waals surface area contributed by atoms with Crippen LogP contribution >= 0.6 is 0 Å². The van der Waals surface area contributed by atoms with Crippen LogP contribution < -0.4 is 10.6 Å². The summed E-state index contributed by atoms with van der Waals surface area (Å²) in [5.41, 5.74) is 1.08. The quantitative estimate of drug-likeness (QED) is 0.341. The summed E-state index contributed by atoms with van der Waals surface area (Å²) >= 11 is 0. The molecule has 2 amide bonds. The average molecular weight is 427 g/mol. The van der Waals surface area contributed by atoms with Crippen LogP contribution in [0.25, 0.3) is 0 Å². The third kappa shape index (κ3) is 7.22. The Hall–Kier alpha value is -3.75. The van der Waals surface area contributed by atoms with Gasteiger partial charge in [0.15, 0.2) is 0 Å². The predicted molar refractivity (Wildman–Crippen MR) is 113 cm³/mol. The van der Waals surface area contributed by atoms with Gasteiger partial charge in [-0.05, 0) is 12.5 Å². The smallest absolute Gasteiger partial charge is 0.328 e. The lowest BCUT2D eigenvalue weighted by atomic mass is 10.0. The Labute approximate surface area is 179 Å². The summed E-state index contributed by atoms with van der Waals surface area (Å²) in [5, 5.41) is 16.5. The molecule has 9 nitrogen and oxygen atoms in total. The largest absolute Gasteiger partial charge is 0.467 e. The summed E-state index contributed by atoms with van der Waals surface area (Å²) in [7, 11) is 1.17. The van der Waals surface area contributed by atoms with E-state index in [9.17, 15) is 24.5 Å². The summed E-state index contributed by atoms with van der Waals surface area (Å²) in [6, 6.07) is 14.0. The fourth-order valence-electron chi connectivity index (χ4n) is 3.05. The molecule has 0 heterocycles. The molecule has 0 fully saturated rings. The number of benzene rings is 2. The van der Waals surface area contributed by atoms with Gasteiger partial charge in [-0.3, -0.25) is 19.7 Å². The van der Waals surface area contributed by atoms with Crippen molar-refractivity contribution in [1.29, 1.82) is 0 Å². The van der Waals surface area contributed by atoms with E-state index in [1.54, 1.807) is 6.07 Å². The van der Waals surface area contributed by atoms with E-state index >= 15 is 0 Å². The number of nitro benzene ring substituents is 1. The van der Waals surface area contributed by atoms with Gasteiger partial charge in [0, 0.05) is 30.9 Å². The standard InChI is InChI=1S/C22H25N3O6/c1-15(16-8-4-3-5-9-16)23-20(26)12-13-21(27)24-18(22(28)31-2)14-17-10-6-7-11-19(17)25(29)30/h3-11,15,18H,12-14H2,1-2H3,(H,23,26)(H,24,27)/t15-,18-/m1/s1. The number of rotatable bonds is 10. The van der Waals surface area contributed by atoms with Gasteiger partial charge in [0.1, 0.15) is 6.04 Å². The molecular formula is C22H25N3O6. The summed E-state index contributed by atoms with van der Waals surface area (Å²) in [6.07, 6.45) is -0.313. The number of nitrogens with one attached hydrogen (secondary N) is 2. The number of hydrogen-bond donors (Lipinski definition) is 2. The molecule has 2 N–H and O–H groups in total. The van der Waals surface area contributed by atoms with E-state index in [4.69, 9.17) is 4.74 Å². The van der Waals surface area contributed by atoms with Crippen LogP contribution in [0.1, 0.15) is 36.9 Å². The molecule has 31 heavy (non-hydrogen) atoms. The Morgan fingerprint density at radius 1 is 0.968 bits per heavy atom. The van der Waals surface area contributed by atoms with Gasteiger partial charge in [-0.25, -0.2) is 4.79 Å². The second-order valence-corrected chi connectivity index (χ2v) is 6.93. The summed E-state index contributed by atoms with van der Waals surface area (Å²) in [5.74, 6) is -1.56. The first-order chi connectivity index (χ1) is 14.8. The molecule has 164 valence electrons. The van der Waals surface area contributed by atoms with Crippen molar-refractivity contribution >= 4 is 23.5 Å². The normalized spacial score (nSPS) is 12.3. The van der Waals surface area contributed by atoms with Crippen molar-refractivity contribution in [2.45, 2.75) is 38.3 Å². The van der Waals surface area contributed by atoms with E-state index in [1.807, 2.05) is 37.3 Å². The summed E-state index contributed by atoms with van der Waals surface area (Å²) < 4.78 is 4.71. The van der Waals surface area contributed by atoms with E-state index in [1.165, 1.54) is 25.3 Å². The second kappa shape index (κ2) is 11.4. The predicted octanol–water partition coefficient (Wildman–Crippen LogP) is 2.45. The lowest BCUT2D eigenvalue weighted by Gasteiger charge is -2.17. The molecule has 0 aliphatic carbocycles. The number of nitro groups is 1. The Morgan fingerprint density at radius 2 is 1.55 bits per heavy atom. The van der Waals surface area contributed by atoms with Crippen molar-refractivity contribution in [3.05, 3.63) is 75.8 Å². The van der Waals surface area contributed by atoms with Crippen LogP contribution in [0.2, 0.25) is 0 Å². The molecular weight excluding hydrogens is 402 g/mol. The molecule has 2 atom stereocenters. The van der Waals surface area contributed by atoms with Crippen molar-refractivity contribution in [2.24, 2.45) is 0 Å². The highest BCUT2D eigenvalue weighted by Gasteiger charge is 2.25. The molecule has 0 spiro atoms. The number of hydrogen-bond acceptors (Lipinski definition) is 6. The number of esters is 1. The first-order valence-corrected chi connectivity index (χ1v) is 9.75. The van der Waals surface area contributed by atoms with Gasteiger partial charge in [0.2, 0.25) is 11.8 Å². The van der Waals surface area contributed by atoms with E-state index < -0.39 is 22.8 Å². The van der Waals surface area contributed by atoms with Crippen molar-refractivity contribution in [3.63, 3.8) is 0 Å². The number of carbonyl (C=O) groups is 3. The highest BCUT2D eigenvalue weighted by atomic mass is 16.6. The van der Waals surface area contributed by atoms with Gasteiger partial charge < -0.3 is 15.4 Å². The molecule has 2 aromatic carbocycles. The molecule has 0 saturated heterocycles. The minimum atomic E-state index is -1.11. The van der Waals surface area contributed by atoms with Crippen molar-refractivity contribution in [1.82, 2.24) is 10.6 Å². The maximum absolute atomic E-state index is 12.3. The van der Waals surface area contributed by atoms with Crippen LogP contribution in [-0.2, 0) is 25.5 Å². The molecule has 0 unspecified atom stereocenters. The summed E-state index contributed by atoms with van der Waals surface area (Å²) in [6.45, 7) is 1.84. The van der Waals surface area contributed by atoms with Gasteiger partial charge in [-0.2, -0.15) is 0 Å². The zero-order valence-electron chi connectivity index (χ0n) is 17.4. The van der Waals surface area contributed by atoms with Crippen LogP contribution in [-0.4, -0.2) is 35.9 Å². The number of methoxy groups -OCH3 is 1. The summed E-state index contributed by atoms with van der Waals surface area (Å²) in [4.78, 5) is 47.2. The van der Waals surface area contributed by atoms with E-state index in [0.717, 1.165) is 5.56 Å². The third-order valence-corrected chi connectivity index (χ3v) is 4.69. The second-order valence-electron chi connectivity index (χ2n) is 6.93. The molecule has 0 aliphatic rings. The Kier molecular flexibility index (Phi) is 8.68.